The van der Waals surface area contributed by atoms with Gasteiger partial charge in [-0.05, 0) is 37.5 Å². The molecule has 0 atom stereocenters. The molecule has 2 rings (SSSR count). The van der Waals surface area contributed by atoms with Gasteiger partial charge in [0.15, 0.2) is 5.16 Å². The van der Waals surface area contributed by atoms with E-state index in [-0.39, 0.29) is 6.42 Å². The standard InChI is InChI=1S/C13H16N2O2S/c1-9-5-6-10-11(8-9)15-13(14-10)18-7-3-2-4-12(16)17/h5-6,8H,2-4,7H2,1H3,(H,14,15)(H,16,17). The number of nitrogens with one attached hydrogen (secondary N) is 1. The summed E-state index contributed by atoms with van der Waals surface area (Å²) in [4.78, 5) is 18.1. The summed E-state index contributed by atoms with van der Waals surface area (Å²) in [5.41, 5.74) is 3.25. The predicted octanol–water partition coefficient (Wildman–Crippen LogP) is 3.22. The number of aromatic amines is 1. The Morgan fingerprint density at radius 3 is 3.06 bits per heavy atom. The number of aromatic nitrogens is 2. The average molecular weight is 264 g/mol. The van der Waals surface area contributed by atoms with Crippen LogP contribution in [0.3, 0.4) is 0 Å². The smallest absolute Gasteiger partial charge is 0.303 e. The number of carbonyl (C=O) groups is 1. The Morgan fingerprint density at radius 1 is 1.44 bits per heavy atom. The van der Waals surface area contributed by atoms with Gasteiger partial charge in [-0.1, -0.05) is 17.8 Å². The SMILES string of the molecule is Cc1ccc2nc(SCCCCC(=O)O)[nH]c2c1. The Labute approximate surface area is 110 Å². The summed E-state index contributed by atoms with van der Waals surface area (Å²) in [7, 11) is 0. The number of aliphatic carboxylic acids is 1. The largest absolute Gasteiger partial charge is 0.481 e. The van der Waals surface area contributed by atoms with Crippen molar-refractivity contribution >= 4 is 28.8 Å². The molecule has 0 aliphatic carbocycles. The number of nitrogens with zero attached hydrogens (tertiary/aromatic N) is 1. The van der Waals surface area contributed by atoms with Crippen molar-refractivity contribution < 1.29 is 9.90 Å². The molecule has 0 bridgehead atoms. The first-order chi connectivity index (χ1) is 8.65. The number of fused-ring (bicyclic) bond motifs is 1. The summed E-state index contributed by atoms with van der Waals surface area (Å²) in [5, 5.41) is 9.43. The van der Waals surface area contributed by atoms with Crippen LogP contribution < -0.4 is 0 Å². The molecule has 2 aromatic rings. The number of rotatable bonds is 6. The van der Waals surface area contributed by atoms with Gasteiger partial charge in [0.2, 0.25) is 0 Å². The molecule has 0 fully saturated rings. The van der Waals surface area contributed by atoms with Gasteiger partial charge in [-0.15, -0.1) is 0 Å². The van der Waals surface area contributed by atoms with Crippen LogP contribution in [0.2, 0.25) is 0 Å². The lowest BCUT2D eigenvalue weighted by atomic mass is 10.2. The average Bonchev–Trinajstić information content (AvgIpc) is 2.70. The molecule has 0 saturated heterocycles. The Kier molecular flexibility index (Phi) is 4.25. The monoisotopic (exact) mass is 264 g/mol. The van der Waals surface area contributed by atoms with Crippen molar-refractivity contribution in [1.29, 1.82) is 0 Å². The number of aryl methyl sites for hydroxylation is 1. The summed E-state index contributed by atoms with van der Waals surface area (Å²) in [6.45, 7) is 2.05. The molecule has 2 N–H and O–H groups in total. The first-order valence-electron chi connectivity index (χ1n) is 5.96. The van der Waals surface area contributed by atoms with Gasteiger partial charge in [0.25, 0.3) is 0 Å². The highest BCUT2D eigenvalue weighted by Gasteiger charge is 2.03. The zero-order valence-corrected chi connectivity index (χ0v) is 11.1. The number of hydrogen-bond donors (Lipinski definition) is 2. The van der Waals surface area contributed by atoms with E-state index >= 15 is 0 Å². The molecule has 0 radical (unpaired) electrons. The summed E-state index contributed by atoms with van der Waals surface area (Å²) in [6, 6.07) is 6.14. The topological polar surface area (TPSA) is 66.0 Å². The summed E-state index contributed by atoms with van der Waals surface area (Å²) in [5.74, 6) is 0.172. The first-order valence-corrected chi connectivity index (χ1v) is 6.94. The Bertz CT molecular complexity index is 551. The third kappa shape index (κ3) is 3.50. The number of benzene rings is 1. The highest BCUT2D eigenvalue weighted by atomic mass is 32.2. The van der Waals surface area contributed by atoms with Crippen LogP contribution in [0.4, 0.5) is 0 Å². The van der Waals surface area contributed by atoms with Crippen LogP contribution in [-0.4, -0.2) is 26.8 Å². The molecule has 1 aromatic heterocycles. The molecule has 96 valence electrons. The van der Waals surface area contributed by atoms with Gasteiger partial charge in [-0.25, -0.2) is 4.98 Å². The molecule has 1 aromatic carbocycles. The maximum absolute atomic E-state index is 10.4. The molecule has 0 aliphatic rings. The number of thioether (sulfide) groups is 1. The second kappa shape index (κ2) is 5.91. The van der Waals surface area contributed by atoms with Crippen LogP contribution in [0.1, 0.15) is 24.8 Å². The minimum atomic E-state index is -0.723. The lowest BCUT2D eigenvalue weighted by Crippen LogP contribution is -1.94. The van der Waals surface area contributed by atoms with Gasteiger partial charge in [-0.3, -0.25) is 4.79 Å². The van der Waals surface area contributed by atoms with Crippen LogP contribution in [0.25, 0.3) is 11.0 Å². The van der Waals surface area contributed by atoms with Gasteiger partial charge < -0.3 is 10.1 Å². The van der Waals surface area contributed by atoms with Crippen LogP contribution in [-0.2, 0) is 4.79 Å². The number of H-pyrrole nitrogens is 1. The van der Waals surface area contributed by atoms with E-state index in [0.717, 1.165) is 34.8 Å². The van der Waals surface area contributed by atoms with Gasteiger partial charge in [0, 0.05) is 12.2 Å². The summed E-state index contributed by atoms with van der Waals surface area (Å²) >= 11 is 1.64. The number of carboxylic acids is 1. The van der Waals surface area contributed by atoms with Gasteiger partial charge in [-0.2, -0.15) is 0 Å². The Balaban J connectivity index is 1.86. The normalized spacial score (nSPS) is 10.9. The summed E-state index contributed by atoms with van der Waals surface area (Å²) in [6.07, 6.45) is 1.87. The molecule has 4 nitrogen and oxygen atoms in total. The van der Waals surface area contributed by atoms with Crippen molar-refractivity contribution in [2.24, 2.45) is 0 Å². The minimum absolute atomic E-state index is 0.250. The quantitative estimate of drug-likeness (QED) is 0.621. The summed E-state index contributed by atoms with van der Waals surface area (Å²) < 4.78 is 0. The van der Waals surface area contributed by atoms with E-state index in [1.165, 1.54) is 5.56 Å². The third-order valence-corrected chi connectivity index (χ3v) is 3.60. The zero-order valence-electron chi connectivity index (χ0n) is 10.3. The molecule has 0 aliphatic heterocycles. The Morgan fingerprint density at radius 2 is 2.28 bits per heavy atom. The Hall–Kier alpha value is -1.49. The molecule has 0 unspecified atom stereocenters. The first kappa shape index (κ1) is 13.0. The molecule has 18 heavy (non-hydrogen) atoms. The third-order valence-electron chi connectivity index (χ3n) is 2.64. The highest BCUT2D eigenvalue weighted by molar-refractivity contribution is 7.99. The number of carboxylic acid groups (broad SMARTS) is 1. The van der Waals surface area contributed by atoms with E-state index < -0.39 is 5.97 Å². The molecule has 1 heterocycles. The van der Waals surface area contributed by atoms with E-state index in [2.05, 4.69) is 23.0 Å². The molecular formula is C13H16N2O2S. The highest BCUT2D eigenvalue weighted by Crippen LogP contribution is 2.21. The minimum Gasteiger partial charge on any atom is -0.481 e. The van der Waals surface area contributed by atoms with E-state index in [9.17, 15) is 4.79 Å². The molecule has 0 saturated carbocycles. The predicted molar refractivity (Wildman–Crippen MR) is 73.0 cm³/mol. The molecular weight excluding hydrogens is 248 g/mol. The van der Waals surface area contributed by atoms with Crippen molar-refractivity contribution in [3.05, 3.63) is 23.8 Å². The van der Waals surface area contributed by atoms with Crippen LogP contribution in [0, 0.1) is 6.92 Å². The number of imidazole rings is 1. The van der Waals surface area contributed by atoms with Crippen molar-refractivity contribution in [3.8, 4) is 0 Å². The maximum Gasteiger partial charge on any atom is 0.303 e. The van der Waals surface area contributed by atoms with Gasteiger partial charge in [0.1, 0.15) is 0 Å². The lowest BCUT2D eigenvalue weighted by Gasteiger charge is -1.96. The molecule has 5 heteroatoms. The van der Waals surface area contributed by atoms with E-state index in [1.54, 1.807) is 11.8 Å². The van der Waals surface area contributed by atoms with Crippen molar-refractivity contribution in [1.82, 2.24) is 9.97 Å². The van der Waals surface area contributed by atoms with Crippen LogP contribution in [0.5, 0.6) is 0 Å². The second-order valence-corrected chi connectivity index (χ2v) is 5.35. The van der Waals surface area contributed by atoms with Crippen molar-refractivity contribution in [2.45, 2.75) is 31.3 Å². The number of unbranched alkanes of at least 4 members (excludes halogenated alkanes) is 1. The fraction of sp³-hybridized carbons (Fsp3) is 0.385. The fourth-order valence-corrected chi connectivity index (χ4v) is 2.60. The zero-order chi connectivity index (χ0) is 13.0. The van der Waals surface area contributed by atoms with Crippen LogP contribution >= 0.6 is 11.8 Å². The van der Waals surface area contributed by atoms with Crippen LogP contribution in [0.15, 0.2) is 23.4 Å². The van der Waals surface area contributed by atoms with E-state index in [1.807, 2.05) is 12.1 Å². The van der Waals surface area contributed by atoms with Crippen molar-refractivity contribution in [3.63, 3.8) is 0 Å². The molecule has 0 spiro atoms. The fourth-order valence-electron chi connectivity index (χ4n) is 1.72. The molecule has 0 amide bonds. The van der Waals surface area contributed by atoms with E-state index in [0.29, 0.717) is 0 Å². The van der Waals surface area contributed by atoms with Crippen molar-refractivity contribution in [2.75, 3.05) is 5.75 Å². The van der Waals surface area contributed by atoms with Gasteiger partial charge >= 0.3 is 5.97 Å². The maximum atomic E-state index is 10.4. The van der Waals surface area contributed by atoms with E-state index in [4.69, 9.17) is 5.11 Å². The lowest BCUT2D eigenvalue weighted by molar-refractivity contribution is -0.137. The second-order valence-electron chi connectivity index (χ2n) is 4.26. The number of hydrogen-bond acceptors (Lipinski definition) is 3. The van der Waals surface area contributed by atoms with Gasteiger partial charge in [0.05, 0.1) is 11.0 Å².